The Bertz CT molecular complexity index is 320. The molecule has 3 nitrogen and oxygen atoms in total. The minimum Gasteiger partial charge on any atom is -0.461 e. The first kappa shape index (κ1) is 15.6. The minimum atomic E-state index is -0.453. The molecule has 0 saturated heterocycles. The fourth-order valence-corrected chi connectivity index (χ4v) is 1.22. The van der Waals surface area contributed by atoms with Crippen molar-refractivity contribution in [2.45, 2.75) is 47.0 Å². The van der Waals surface area contributed by atoms with Crippen molar-refractivity contribution >= 4 is 11.8 Å². The third-order valence-corrected chi connectivity index (χ3v) is 2.16. The van der Waals surface area contributed by atoms with Gasteiger partial charge in [0.2, 0.25) is 0 Å². The van der Waals surface area contributed by atoms with Crippen molar-refractivity contribution in [1.82, 2.24) is 0 Å². The fraction of sp³-hybridized carbons (Fsp3) is 0.571. The minimum absolute atomic E-state index is 0.134. The van der Waals surface area contributed by atoms with Crippen LogP contribution in [0.25, 0.3) is 0 Å². The maximum atomic E-state index is 11.1. The maximum Gasteiger partial charge on any atom is 0.313 e. The van der Waals surface area contributed by atoms with Crippen LogP contribution in [-0.2, 0) is 14.3 Å². The SMILES string of the molecule is CC(=O)CC(=O)OCC=C(C)CCC=C(C)C. The van der Waals surface area contributed by atoms with Crippen molar-refractivity contribution in [1.29, 1.82) is 0 Å². The van der Waals surface area contributed by atoms with Gasteiger partial charge in [-0.2, -0.15) is 0 Å². The molecule has 0 aromatic rings. The fourth-order valence-electron chi connectivity index (χ4n) is 1.22. The number of hydrogen-bond donors (Lipinski definition) is 0. The number of rotatable bonds is 7. The van der Waals surface area contributed by atoms with Gasteiger partial charge in [-0.25, -0.2) is 0 Å². The number of Topliss-reactive ketones (excluding diaryl/α,β-unsaturated/α-hetero) is 1. The first-order valence-electron chi connectivity index (χ1n) is 5.86. The van der Waals surface area contributed by atoms with Crippen LogP contribution in [0, 0.1) is 0 Å². The molecule has 0 atom stereocenters. The molecule has 0 rings (SSSR count). The molecule has 3 heteroatoms. The van der Waals surface area contributed by atoms with Gasteiger partial charge in [-0.1, -0.05) is 17.2 Å². The Morgan fingerprint density at radius 3 is 2.24 bits per heavy atom. The zero-order chi connectivity index (χ0) is 13.3. The third kappa shape index (κ3) is 10.9. The summed E-state index contributed by atoms with van der Waals surface area (Å²) in [6, 6.07) is 0. The zero-order valence-electron chi connectivity index (χ0n) is 11.2. The molecule has 96 valence electrons. The monoisotopic (exact) mass is 238 g/mol. The predicted octanol–water partition coefficient (Wildman–Crippen LogP) is 3.20. The van der Waals surface area contributed by atoms with Gasteiger partial charge in [0.05, 0.1) is 0 Å². The van der Waals surface area contributed by atoms with E-state index in [-0.39, 0.29) is 18.8 Å². The van der Waals surface area contributed by atoms with Gasteiger partial charge in [-0.05, 0) is 46.6 Å². The summed E-state index contributed by atoms with van der Waals surface area (Å²) >= 11 is 0. The standard InChI is InChI=1S/C14H22O3/c1-11(2)6-5-7-12(3)8-9-17-14(16)10-13(4)15/h6,8H,5,7,9-10H2,1-4H3. The van der Waals surface area contributed by atoms with Crippen LogP contribution in [-0.4, -0.2) is 18.4 Å². The topological polar surface area (TPSA) is 43.4 Å². The Balaban J connectivity index is 3.80. The number of ketones is 1. The second kappa shape index (κ2) is 8.74. The van der Waals surface area contributed by atoms with Crippen LogP contribution in [0.3, 0.4) is 0 Å². The predicted molar refractivity (Wildman–Crippen MR) is 68.7 cm³/mol. The van der Waals surface area contributed by atoms with Crippen LogP contribution in [0.5, 0.6) is 0 Å². The van der Waals surface area contributed by atoms with Crippen molar-refractivity contribution in [2.24, 2.45) is 0 Å². The first-order valence-corrected chi connectivity index (χ1v) is 5.86. The molecule has 0 aliphatic heterocycles. The second-order valence-electron chi connectivity index (χ2n) is 4.43. The lowest BCUT2D eigenvalue weighted by Gasteiger charge is -2.02. The summed E-state index contributed by atoms with van der Waals surface area (Å²) < 4.78 is 4.90. The number of hydrogen-bond acceptors (Lipinski definition) is 3. The summed E-state index contributed by atoms with van der Waals surface area (Å²) in [4.78, 5) is 21.7. The van der Waals surface area contributed by atoms with E-state index in [9.17, 15) is 9.59 Å². The van der Waals surface area contributed by atoms with Crippen LogP contribution in [0.15, 0.2) is 23.3 Å². The molecule has 0 heterocycles. The molecule has 0 amide bonds. The van der Waals surface area contributed by atoms with Gasteiger partial charge in [-0.15, -0.1) is 0 Å². The van der Waals surface area contributed by atoms with Gasteiger partial charge < -0.3 is 4.74 Å². The zero-order valence-corrected chi connectivity index (χ0v) is 11.2. The molecule has 0 aromatic heterocycles. The van der Waals surface area contributed by atoms with E-state index in [4.69, 9.17) is 4.74 Å². The Kier molecular flexibility index (Phi) is 8.03. The van der Waals surface area contributed by atoms with Gasteiger partial charge in [0, 0.05) is 0 Å². The smallest absolute Gasteiger partial charge is 0.313 e. The molecule has 0 aliphatic carbocycles. The molecular formula is C14H22O3. The maximum absolute atomic E-state index is 11.1. The average Bonchev–Trinajstić information content (AvgIpc) is 2.15. The highest BCUT2D eigenvalue weighted by atomic mass is 16.5. The summed E-state index contributed by atoms with van der Waals surface area (Å²) in [6.07, 6.45) is 5.90. The molecule has 0 saturated carbocycles. The highest BCUT2D eigenvalue weighted by Gasteiger charge is 2.04. The molecule has 0 spiro atoms. The van der Waals surface area contributed by atoms with Crippen molar-refractivity contribution in [2.75, 3.05) is 6.61 Å². The average molecular weight is 238 g/mol. The Morgan fingerprint density at radius 1 is 1.06 bits per heavy atom. The van der Waals surface area contributed by atoms with E-state index in [0.717, 1.165) is 12.8 Å². The molecule has 0 fully saturated rings. The Labute approximate surface area is 104 Å². The molecule has 0 N–H and O–H groups in total. The van der Waals surface area contributed by atoms with E-state index in [2.05, 4.69) is 19.9 Å². The summed E-state index contributed by atoms with van der Waals surface area (Å²) in [5.41, 5.74) is 2.50. The quantitative estimate of drug-likeness (QED) is 0.388. The number of carbonyl (C=O) groups excluding carboxylic acids is 2. The van der Waals surface area contributed by atoms with Crippen molar-refractivity contribution in [3.05, 3.63) is 23.3 Å². The van der Waals surface area contributed by atoms with Gasteiger partial charge in [-0.3, -0.25) is 9.59 Å². The van der Waals surface area contributed by atoms with Crippen LogP contribution in [0.2, 0.25) is 0 Å². The van der Waals surface area contributed by atoms with E-state index in [1.165, 1.54) is 18.1 Å². The molecule has 0 bridgehead atoms. The van der Waals surface area contributed by atoms with Crippen LogP contribution in [0.1, 0.15) is 47.0 Å². The summed E-state index contributed by atoms with van der Waals surface area (Å²) in [5, 5.41) is 0. The lowest BCUT2D eigenvalue weighted by Crippen LogP contribution is -2.08. The molecule has 0 aromatic carbocycles. The number of esters is 1. The van der Waals surface area contributed by atoms with Crippen molar-refractivity contribution in [3.8, 4) is 0 Å². The summed E-state index contributed by atoms with van der Waals surface area (Å²) in [6.45, 7) is 7.79. The normalized spacial score (nSPS) is 10.9. The molecular weight excluding hydrogens is 216 g/mol. The number of allylic oxidation sites excluding steroid dienone is 3. The molecule has 0 aliphatic rings. The van der Waals surface area contributed by atoms with Gasteiger partial charge in [0.25, 0.3) is 0 Å². The second-order valence-corrected chi connectivity index (χ2v) is 4.43. The number of carbonyl (C=O) groups is 2. The lowest BCUT2D eigenvalue weighted by molar-refractivity contribution is -0.144. The highest BCUT2D eigenvalue weighted by Crippen LogP contribution is 2.06. The van der Waals surface area contributed by atoms with Crippen LogP contribution in [0.4, 0.5) is 0 Å². The van der Waals surface area contributed by atoms with Crippen molar-refractivity contribution < 1.29 is 14.3 Å². The lowest BCUT2D eigenvalue weighted by atomic mass is 10.1. The third-order valence-electron chi connectivity index (χ3n) is 2.16. The van der Waals surface area contributed by atoms with E-state index < -0.39 is 5.97 Å². The van der Waals surface area contributed by atoms with E-state index >= 15 is 0 Å². The molecule has 0 radical (unpaired) electrons. The van der Waals surface area contributed by atoms with Gasteiger partial charge in [0.15, 0.2) is 0 Å². The van der Waals surface area contributed by atoms with E-state index in [0.29, 0.717) is 0 Å². The van der Waals surface area contributed by atoms with Crippen LogP contribution >= 0.6 is 0 Å². The first-order chi connectivity index (χ1) is 7.91. The van der Waals surface area contributed by atoms with Gasteiger partial charge >= 0.3 is 5.97 Å². The molecule has 0 unspecified atom stereocenters. The van der Waals surface area contributed by atoms with Gasteiger partial charge in [0.1, 0.15) is 18.8 Å². The number of ether oxygens (including phenoxy) is 1. The summed E-state index contributed by atoms with van der Waals surface area (Å²) in [7, 11) is 0. The molecule has 17 heavy (non-hydrogen) atoms. The van der Waals surface area contributed by atoms with Crippen LogP contribution < -0.4 is 0 Å². The summed E-state index contributed by atoms with van der Waals surface area (Å²) in [5.74, 6) is -0.620. The highest BCUT2D eigenvalue weighted by molar-refractivity contribution is 5.94. The van der Waals surface area contributed by atoms with E-state index in [1.54, 1.807) is 0 Å². The largest absolute Gasteiger partial charge is 0.461 e. The van der Waals surface area contributed by atoms with E-state index in [1.807, 2.05) is 13.0 Å². The Hall–Kier alpha value is -1.38. The van der Waals surface area contributed by atoms with Crippen molar-refractivity contribution in [3.63, 3.8) is 0 Å². The Morgan fingerprint density at radius 2 is 1.71 bits per heavy atom.